The highest BCUT2D eigenvalue weighted by molar-refractivity contribution is 5.95. The molecule has 1 atom stereocenters. The first-order chi connectivity index (χ1) is 13.0. The number of ether oxygens (including phenoxy) is 1. The summed E-state index contributed by atoms with van der Waals surface area (Å²) < 4.78 is 10.5. The number of oxazole rings is 1. The number of nitrogens with one attached hydrogen (secondary N) is 1. The highest BCUT2D eigenvalue weighted by Gasteiger charge is 2.21. The van der Waals surface area contributed by atoms with Gasteiger partial charge in [-0.2, -0.15) is 0 Å². The number of benzene rings is 2. The number of amides is 1. The van der Waals surface area contributed by atoms with Gasteiger partial charge in [0.05, 0.1) is 5.56 Å². The number of esters is 1. The van der Waals surface area contributed by atoms with Gasteiger partial charge in [0.15, 0.2) is 5.69 Å². The fraction of sp³-hybridized carbons (Fsp3) is 0.150. The molecule has 27 heavy (non-hydrogen) atoms. The Morgan fingerprint density at radius 3 is 2.59 bits per heavy atom. The first-order valence-electron chi connectivity index (χ1n) is 8.36. The molecule has 3 rings (SSSR count). The van der Waals surface area contributed by atoms with Crippen molar-refractivity contribution < 1.29 is 18.7 Å². The van der Waals surface area contributed by atoms with Gasteiger partial charge in [0.25, 0.3) is 5.91 Å². The molecule has 1 heterocycles. The smallest absolute Gasteiger partial charge is 0.328 e. The summed E-state index contributed by atoms with van der Waals surface area (Å²) in [6.45, 7) is 1.68. The highest BCUT2D eigenvalue weighted by atomic mass is 16.5. The van der Waals surface area contributed by atoms with Crippen LogP contribution in [0.15, 0.2) is 65.3 Å². The largest absolute Gasteiger partial charge is 0.459 e. The molecule has 0 saturated carbocycles. The van der Waals surface area contributed by atoms with Crippen molar-refractivity contribution in [3.63, 3.8) is 0 Å². The summed E-state index contributed by atoms with van der Waals surface area (Å²) in [6, 6.07) is 15.5. The fourth-order valence-corrected chi connectivity index (χ4v) is 2.38. The molecule has 1 amide bonds. The molecule has 3 N–H and O–H groups in total. The molecule has 7 heteroatoms. The summed E-state index contributed by atoms with van der Waals surface area (Å²) in [7, 11) is 0. The topological polar surface area (TPSA) is 107 Å². The normalized spacial score (nSPS) is 11.6. The molecular weight excluding hydrogens is 346 g/mol. The molecule has 1 unspecified atom stereocenters. The van der Waals surface area contributed by atoms with Crippen LogP contribution in [0.1, 0.15) is 23.0 Å². The first kappa shape index (κ1) is 18.2. The van der Waals surface area contributed by atoms with Crippen LogP contribution in [0, 0.1) is 0 Å². The minimum absolute atomic E-state index is 0.0518. The lowest BCUT2D eigenvalue weighted by molar-refractivity contribution is -0.146. The van der Waals surface area contributed by atoms with Crippen LogP contribution in [-0.2, 0) is 16.1 Å². The van der Waals surface area contributed by atoms with E-state index in [2.05, 4.69) is 10.3 Å². The van der Waals surface area contributed by atoms with E-state index in [1.54, 1.807) is 31.2 Å². The van der Waals surface area contributed by atoms with Gasteiger partial charge < -0.3 is 20.2 Å². The Labute approximate surface area is 156 Å². The summed E-state index contributed by atoms with van der Waals surface area (Å²) in [5.74, 6) is -0.843. The van der Waals surface area contributed by atoms with Crippen molar-refractivity contribution in [2.75, 3.05) is 5.73 Å². The molecule has 1 aromatic heterocycles. The van der Waals surface area contributed by atoms with Crippen LogP contribution in [-0.4, -0.2) is 22.9 Å². The molecule has 0 aliphatic rings. The lowest BCUT2D eigenvalue weighted by Crippen LogP contribution is -2.39. The predicted molar refractivity (Wildman–Crippen MR) is 99.5 cm³/mol. The standard InChI is InChI=1S/C20H19N3O4/c1-13(20(25)27-11-14-7-3-2-4-8-14)22-18(24)17-12-26-19(23-17)15-9-5-6-10-16(15)21/h2-10,12-13H,11,21H2,1H3,(H,22,24). The minimum atomic E-state index is -0.830. The van der Waals surface area contributed by atoms with E-state index in [1.165, 1.54) is 6.26 Å². The third-order valence-electron chi connectivity index (χ3n) is 3.85. The molecule has 0 radical (unpaired) electrons. The maximum Gasteiger partial charge on any atom is 0.328 e. The molecule has 7 nitrogen and oxygen atoms in total. The van der Waals surface area contributed by atoms with Crippen LogP contribution >= 0.6 is 0 Å². The second-order valence-corrected chi connectivity index (χ2v) is 5.91. The fourth-order valence-electron chi connectivity index (χ4n) is 2.38. The van der Waals surface area contributed by atoms with E-state index in [4.69, 9.17) is 14.9 Å². The average Bonchev–Trinajstić information content (AvgIpc) is 3.17. The van der Waals surface area contributed by atoms with Crippen molar-refractivity contribution in [2.24, 2.45) is 0 Å². The van der Waals surface area contributed by atoms with E-state index < -0.39 is 17.9 Å². The van der Waals surface area contributed by atoms with E-state index >= 15 is 0 Å². The Bertz CT molecular complexity index is 937. The zero-order valence-corrected chi connectivity index (χ0v) is 14.7. The minimum Gasteiger partial charge on any atom is -0.459 e. The van der Waals surface area contributed by atoms with Gasteiger partial charge in [0.1, 0.15) is 18.9 Å². The maximum atomic E-state index is 12.3. The Hall–Kier alpha value is -3.61. The molecule has 0 aliphatic carbocycles. The molecule has 0 aliphatic heterocycles. The summed E-state index contributed by atoms with van der Waals surface area (Å²) >= 11 is 0. The Kier molecular flexibility index (Phi) is 5.51. The van der Waals surface area contributed by atoms with Crippen molar-refractivity contribution >= 4 is 17.6 Å². The van der Waals surface area contributed by atoms with E-state index in [0.717, 1.165) is 5.56 Å². The number of hydrogen-bond donors (Lipinski definition) is 2. The van der Waals surface area contributed by atoms with Gasteiger partial charge in [-0.25, -0.2) is 9.78 Å². The number of nitrogens with zero attached hydrogens (tertiary/aromatic N) is 1. The lowest BCUT2D eigenvalue weighted by Gasteiger charge is -2.12. The van der Waals surface area contributed by atoms with E-state index in [0.29, 0.717) is 11.3 Å². The third-order valence-corrected chi connectivity index (χ3v) is 3.85. The second kappa shape index (κ2) is 8.18. The molecule has 0 saturated heterocycles. The predicted octanol–water partition coefficient (Wildman–Crippen LogP) is 2.79. The number of carbonyl (C=O) groups is 2. The summed E-state index contributed by atoms with van der Waals surface area (Å²) in [4.78, 5) is 28.5. The molecule has 2 aromatic carbocycles. The van der Waals surface area contributed by atoms with Crippen LogP contribution in [0.2, 0.25) is 0 Å². The van der Waals surface area contributed by atoms with Crippen molar-refractivity contribution in [1.82, 2.24) is 10.3 Å². The average molecular weight is 365 g/mol. The number of nitrogen functional groups attached to an aromatic ring is 1. The van der Waals surface area contributed by atoms with Crippen LogP contribution < -0.4 is 11.1 Å². The molecule has 0 spiro atoms. The van der Waals surface area contributed by atoms with Gasteiger partial charge in [-0.05, 0) is 24.6 Å². The number of anilines is 1. The van der Waals surface area contributed by atoms with Crippen LogP contribution in [0.4, 0.5) is 5.69 Å². The summed E-state index contributed by atoms with van der Waals surface area (Å²) in [6.07, 6.45) is 1.22. The van der Waals surface area contributed by atoms with Crippen LogP contribution in [0.25, 0.3) is 11.5 Å². The summed E-state index contributed by atoms with van der Waals surface area (Å²) in [5.41, 5.74) is 7.88. The van der Waals surface area contributed by atoms with E-state index in [-0.39, 0.29) is 18.2 Å². The summed E-state index contributed by atoms with van der Waals surface area (Å²) in [5, 5.41) is 2.54. The maximum absolute atomic E-state index is 12.3. The molecule has 3 aromatic rings. The molecule has 0 bridgehead atoms. The molecular formula is C20H19N3O4. The van der Waals surface area contributed by atoms with Crippen molar-refractivity contribution in [2.45, 2.75) is 19.6 Å². The van der Waals surface area contributed by atoms with Gasteiger partial charge in [0.2, 0.25) is 5.89 Å². The van der Waals surface area contributed by atoms with E-state index in [1.807, 2.05) is 30.3 Å². The number of nitrogens with two attached hydrogens (primary N) is 1. The number of hydrogen-bond acceptors (Lipinski definition) is 6. The molecule has 138 valence electrons. The third kappa shape index (κ3) is 4.52. The van der Waals surface area contributed by atoms with Gasteiger partial charge in [-0.3, -0.25) is 4.79 Å². The van der Waals surface area contributed by atoms with Crippen molar-refractivity contribution in [3.8, 4) is 11.5 Å². The van der Waals surface area contributed by atoms with Crippen molar-refractivity contribution in [1.29, 1.82) is 0 Å². The number of rotatable bonds is 6. The zero-order valence-electron chi connectivity index (χ0n) is 14.7. The number of aromatic nitrogens is 1. The van der Waals surface area contributed by atoms with E-state index in [9.17, 15) is 9.59 Å². The number of para-hydroxylation sites is 1. The zero-order chi connectivity index (χ0) is 19.2. The van der Waals surface area contributed by atoms with Gasteiger partial charge >= 0.3 is 5.97 Å². The highest BCUT2D eigenvalue weighted by Crippen LogP contribution is 2.24. The molecule has 0 fully saturated rings. The van der Waals surface area contributed by atoms with Crippen LogP contribution in [0.5, 0.6) is 0 Å². The van der Waals surface area contributed by atoms with Gasteiger partial charge in [-0.15, -0.1) is 0 Å². The Morgan fingerprint density at radius 2 is 1.85 bits per heavy atom. The Morgan fingerprint density at radius 1 is 1.15 bits per heavy atom. The second-order valence-electron chi connectivity index (χ2n) is 5.91. The van der Waals surface area contributed by atoms with Gasteiger partial charge in [0, 0.05) is 5.69 Å². The Balaban J connectivity index is 1.58. The number of carbonyl (C=O) groups excluding carboxylic acids is 2. The SMILES string of the molecule is CC(NC(=O)c1coc(-c2ccccc2N)n1)C(=O)OCc1ccccc1. The monoisotopic (exact) mass is 365 g/mol. The lowest BCUT2D eigenvalue weighted by atomic mass is 10.2. The quantitative estimate of drug-likeness (QED) is 0.514. The van der Waals surface area contributed by atoms with Gasteiger partial charge in [-0.1, -0.05) is 42.5 Å². The van der Waals surface area contributed by atoms with Crippen molar-refractivity contribution in [3.05, 3.63) is 72.1 Å². The van der Waals surface area contributed by atoms with Crippen LogP contribution in [0.3, 0.4) is 0 Å². The first-order valence-corrected chi connectivity index (χ1v) is 8.36.